The molecular formula is C18H26N2O. The molecule has 1 aromatic carbocycles. The zero-order valence-corrected chi connectivity index (χ0v) is 13.0. The third-order valence-electron chi connectivity index (χ3n) is 5.70. The molecule has 1 aromatic rings. The summed E-state index contributed by atoms with van der Waals surface area (Å²) in [5.41, 5.74) is 2.98. The smallest absolute Gasteiger partial charge is 0.119 e. The van der Waals surface area contributed by atoms with E-state index in [1.165, 1.54) is 62.7 Å². The maximum atomic E-state index is 5.41. The van der Waals surface area contributed by atoms with Gasteiger partial charge in [-0.3, -0.25) is 4.90 Å². The summed E-state index contributed by atoms with van der Waals surface area (Å²) in [6.07, 6.45) is 7.96. The Morgan fingerprint density at radius 1 is 1.14 bits per heavy atom. The summed E-state index contributed by atoms with van der Waals surface area (Å²) in [7, 11) is 1.76. The Hall–Kier alpha value is -1.06. The van der Waals surface area contributed by atoms with Gasteiger partial charge in [0.15, 0.2) is 0 Å². The number of hydrogen-bond acceptors (Lipinski definition) is 3. The first-order valence-electron chi connectivity index (χ1n) is 8.52. The largest absolute Gasteiger partial charge is 0.497 e. The van der Waals surface area contributed by atoms with Crippen LogP contribution in [-0.4, -0.2) is 37.2 Å². The van der Waals surface area contributed by atoms with Crippen molar-refractivity contribution in [1.82, 2.24) is 10.2 Å². The Balaban J connectivity index is 1.49. The van der Waals surface area contributed by atoms with Gasteiger partial charge in [-0.2, -0.15) is 0 Å². The van der Waals surface area contributed by atoms with E-state index in [4.69, 9.17) is 4.74 Å². The summed E-state index contributed by atoms with van der Waals surface area (Å²) in [4.78, 5) is 2.71. The van der Waals surface area contributed by atoms with Gasteiger partial charge in [0.1, 0.15) is 5.75 Å². The van der Waals surface area contributed by atoms with Crippen LogP contribution in [0.3, 0.4) is 0 Å². The number of nitrogens with one attached hydrogen (secondary N) is 1. The normalized spacial score (nSPS) is 32.0. The molecule has 0 radical (unpaired) electrons. The number of benzene rings is 1. The minimum absolute atomic E-state index is 0.530. The molecule has 0 aromatic heterocycles. The van der Waals surface area contributed by atoms with Crippen molar-refractivity contribution in [2.75, 3.05) is 20.2 Å². The highest BCUT2D eigenvalue weighted by atomic mass is 16.5. The van der Waals surface area contributed by atoms with Gasteiger partial charge in [-0.25, -0.2) is 0 Å². The first-order chi connectivity index (χ1) is 10.3. The number of piperidine rings is 1. The van der Waals surface area contributed by atoms with Crippen LogP contribution in [0.4, 0.5) is 0 Å². The van der Waals surface area contributed by atoms with E-state index in [2.05, 4.69) is 28.4 Å². The summed E-state index contributed by atoms with van der Waals surface area (Å²) < 4.78 is 5.41. The van der Waals surface area contributed by atoms with Crippen molar-refractivity contribution < 1.29 is 4.74 Å². The van der Waals surface area contributed by atoms with Crippen LogP contribution >= 0.6 is 0 Å². The molecule has 1 N–H and O–H groups in total. The van der Waals surface area contributed by atoms with E-state index in [-0.39, 0.29) is 0 Å². The summed E-state index contributed by atoms with van der Waals surface area (Å²) in [5, 5.41) is 3.99. The standard InChI is InChI=1S/C18H26N2O/c1-21-14-7-5-13-6-8-16(15(13)12-14)19-17-9-11-20-10-3-2-4-18(17)20/h5,7,12,16-19H,2-4,6,8-11H2,1H3. The van der Waals surface area contributed by atoms with E-state index >= 15 is 0 Å². The van der Waals surface area contributed by atoms with E-state index in [0.29, 0.717) is 12.1 Å². The Bertz CT molecular complexity index is 516. The molecule has 2 saturated heterocycles. The van der Waals surface area contributed by atoms with Crippen LogP contribution in [0.25, 0.3) is 0 Å². The molecule has 114 valence electrons. The molecule has 0 amide bonds. The van der Waals surface area contributed by atoms with E-state index in [0.717, 1.165) is 11.8 Å². The Labute approximate surface area is 127 Å². The predicted octanol–water partition coefficient (Wildman–Crippen LogP) is 2.90. The molecule has 0 bridgehead atoms. The second-order valence-electron chi connectivity index (χ2n) is 6.82. The number of fused-ring (bicyclic) bond motifs is 2. The third kappa shape index (κ3) is 2.47. The second kappa shape index (κ2) is 5.62. The Kier molecular flexibility index (Phi) is 3.64. The zero-order chi connectivity index (χ0) is 14.2. The van der Waals surface area contributed by atoms with Crippen LogP contribution < -0.4 is 10.1 Å². The lowest BCUT2D eigenvalue weighted by molar-refractivity contribution is 0.176. The van der Waals surface area contributed by atoms with Gasteiger partial charge in [0.25, 0.3) is 0 Å². The lowest BCUT2D eigenvalue weighted by atomic mass is 9.97. The summed E-state index contributed by atoms with van der Waals surface area (Å²) in [6, 6.07) is 8.59. The number of rotatable bonds is 3. The Morgan fingerprint density at radius 3 is 3.00 bits per heavy atom. The molecular weight excluding hydrogens is 260 g/mol. The average molecular weight is 286 g/mol. The van der Waals surface area contributed by atoms with Gasteiger partial charge in [-0.1, -0.05) is 12.5 Å². The molecule has 0 spiro atoms. The maximum absolute atomic E-state index is 5.41. The highest BCUT2D eigenvalue weighted by Crippen LogP contribution is 2.36. The van der Waals surface area contributed by atoms with Crippen LogP contribution in [0.5, 0.6) is 5.75 Å². The first-order valence-corrected chi connectivity index (χ1v) is 8.52. The van der Waals surface area contributed by atoms with Gasteiger partial charge in [-0.15, -0.1) is 0 Å². The van der Waals surface area contributed by atoms with Gasteiger partial charge >= 0.3 is 0 Å². The highest BCUT2D eigenvalue weighted by molar-refractivity contribution is 5.40. The molecule has 21 heavy (non-hydrogen) atoms. The van der Waals surface area contributed by atoms with Gasteiger partial charge in [0.05, 0.1) is 7.11 Å². The maximum Gasteiger partial charge on any atom is 0.119 e. The highest BCUT2D eigenvalue weighted by Gasteiger charge is 2.37. The monoisotopic (exact) mass is 286 g/mol. The van der Waals surface area contributed by atoms with Crippen molar-refractivity contribution in [2.45, 2.75) is 56.7 Å². The first kappa shape index (κ1) is 13.6. The van der Waals surface area contributed by atoms with E-state index in [1.54, 1.807) is 7.11 Å². The van der Waals surface area contributed by atoms with Crippen molar-refractivity contribution in [1.29, 1.82) is 0 Å². The quantitative estimate of drug-likeness (QED) is 0.924. The molecule has 2 aliphatic heterocycles. The van der Waals surface area contributed by atoms with Gasteiger partial charge in [0, 0.05) is 24.7 Å². The molecule has 1 aliphatic carbocycles. The Morgan fingerprint density at radius 2 is 2.10 bits per heavy atom. The molecule has 3 nitrogen and oxygen atoms in total. The fourth-order valence-corrected chi connectivity index (χ4v) is 4.58. The molecule has 4 rings (SSSR count). The van der Waals surface area contributed by atoms with Crippen LogP contribution in [0, 0.1) is 0 Å². The van der Waals surface area contributed by atoms with Crippen molar-refractivity contribution in [3.05, 3.63) is 29.3 Å². The lowest BCUT2D eigenvalue weighted by Crippen LogP contribution is -2.45. The van der Waals surface area contributed by atoms with Crippen LogP contribution in [0.2, 0.25) is 0 Å². The number of ether oxygens (including phenoxy) is 1. The minimum atomic E-state index is 0.530. The number of methoxy groups -OCH3 is 1. The van der Waals surface area contributed by atoms with Gasteiger partial charge < -0.3 is 10.1 Å². The van der Waals surface area contributed by atoms with Crippen LogP contribution in [0.15, 0.2) is 18.2 Å². The molecule has 2 fully saturated rings. The molecule has 3 aliphatic rings. The van der Waals surface area contributed by atoms with Crippen molar-refractivity contribution in [3.63, 3.8) is 0 Å². The molecule has 3 heteroatoms. The lowest BCUT2D eigenvalue weighted by Gasteiger charge is -2.34. The van der Waals surface area contributed by atoms with Crippen molar-refractivity contribution in [3.8, 4) is 5.75 Å². The average Bonchev–Trinajstić information content (AvgIpc) is 3.12. The number of nitrogens with zero attached hydrogens (tertiary/aromatic N) is 1. The summed E-state index contributed by atoms with van der Waals surface area (Å²) in [5.74, 6) is 0.994. The molecule has 3 atom stereocenters. The fourth-order valence-electron chi connectivity index (χ4n) is 4.58. The summed E-state index contributed by atoms with van der Waals surface area (Å²) in [6.45, 7) is 2.61. The predicted molar refractivity (Wildman–Crippen MR) is 84.8 cm³/mol. The van der Waals surface area contributed by atoms with Gasteiger partial charge in [-0.05, 0) is 61.9 Å². The fraction of sp³-hybridized carbons (Fsp3) is 0.667. The minimum Gasteiger partial charge on any atom is -0.497 e. The second-order valence-corrected chi connectivity index (χ2v) is 6.82. The van der Waals surface area contributed by atoms with Gasteiger partial charge in [0.2, 0.25) is 0 Å². The van der Waals surface area contributed by atoms with Crippen molar-refractivity contribution in [2.24, 2.45) is 0 Å². The number of hydrogen-bond donors (Lipinski definition) is 1. The molecule has 3 unspecified atom stereocenters. The topological polar surface area (TPSA) is 24.5 Å². The van der Waals surface area contributed by atoms with E-state index < -0.39 is 0 Å². The molecule has 2 heterocycles. The van der Waals surface area contributed by atoms with Crippen LogP contribution in [-0.2, 0) is 6.42 Å². The van der Waals surface area contributed by atoms with E-state index in [9.17, 15) is 0 Å². The third-order valence-corrected chi connectivity index (χ3v) is 5.70. The molecule has 0 saturated carbocycles. The zero-order valence-electron chi connectivity index (χ0n) is 13.0. The summed E-state index contributed by atoms with van der Waals surface area (Å²) >= 11 is 0. The van der Waals surface area contributed by atoms with E-state index in [1.807, 2.05) is 0 Å². The number of aryl methyl sites for hydroxylation is 1. The van der Waals surface area contributed by atoms with Crippen molar-refractivity contribution >= 4 is 0 Å². The van der Waals surface area contributed by atoms with Crippen LogP contribution in [0.1, 0.15) is 49.3 Å². The SMILES string of the molecule is COc1ccc2c(c1)C(NC1CCN3CCCCC13)CC2.